The van der Waals surface area contributed by atoms with Gasteiger partial charge in [-0.1, -0.05) is 67.7 Å². The van der Waals surface area contributed by atoms with Crippen molar-refractivity contribution in [2.75, 3.05) is 19.7 Å². The summed E-state index contributed by atoms with van der Waals surface area (Å²) in [5.41, 5.74) is -1.08. The molecule has 13 heteroatoms. The first-order valence-corrected chi connectivity index (χ1v) is 18.7. The van der Waals surface area contributed by atoms with E-state index in [4.69, 9.17) is 11.2 Å². The van der Waals surface area contributed by atoms with E-state index in [1.54, 1.807) is 4.90 Å². The third kappa shape index (κ3) is 12.7. The van der Waals surface area contributed by atoms with Crippen molar-refractivity contribution in [3.63, 3.8) is 0 Å². The number of ketones is 1. The lowest BCUT2D eigenvalue weighted by atomic mass is 9.70. The molecule has 0 radical (unpaired) electrons. The number of nitrogens with one attached hydrogen (secondary N) is 5. The molecule has 0 aromatic heterocycles. The third-order valence-corrected chi connectivity index (χ3v) is 10.2. The van der Waals surface area contributed by atoms with Crippen LogP contribution in [-0.4, -0.2) is 90.4 Å². The summed E-state index contributed by atoms with van der Waals surface area (Å²) in [6, 6.07) is -4.29. The van der Waals surface area contributed by atoms with Gasteiger partial charge in [0.2, 0.25) is 17.6 Å². The van der Waals surface area contributed by atoms with Gasteiger partial charge in [-0.2, -0.15) is 0 Å². The molecule has 1 aliphatic carbocycles. The van der Waals surface area contributed by atoms with E-state index in [1.165, 1.54) is 0 Å². The number of hydrogen-bond acceptors (Lipinski definition) is 7. The Bertz CT molecular complexity index is 1260. The van der Waals surface area contributed by atoms with Gasteiger partial charge in [-0.05, 0) is 68.6 Å². The average molecular weight is 717 g/mol. The smallest absolute Gasteiger partial charge is 0.407 e. The summed E-state index contributed by atoms with van der Waals surface area (Å²) >= 11 is 0. The van der Waals surface area contributed by atoms with Crippen LogP contribution in [0, 0.1) is 35.0 Å². The number of hydrogen-bond donors (Lipinski definition) is 5. The van der Waals surface area contributed by atoms with E-state index >= 15 is 0 Å². The monoisotopic (exact) mass is 716 g/mol. The number of carbonyl (C=O) groups excluding carboxylic acids is 6. The van der Waals surface area contributed by atoms with Crippen LogP contribution in [0.5, 0.6) is 0 Å². The van der Waals surface area contributed by atoms with Crippen molar-refractivity contribution >= 4 is 35.6 Å². The number of likely N-dealkylation sites (tertiary alicyclic amines) is 1. The maximum Gasteiger partial charge on any atom is 0.407 e. The van der Waals surface area contributed by atoms with Crippen LogP contribution < -0.4 is 26.6 Å². The minimum absolute atomic E-state index is 0.0201. The standard InChI is InChI=1S/C38H64N6O7/c1-11-13-17-27(30(45)33(47)39-21-12-2)41-32(46)29-26(24(3)4)18-22-44(29)34(48)31(38(10)19-15-14-16-20-38)43-35(49)42-28(37(7,8)9)23-51-36(50)40-25(5)6/h1,24-29,31H,12-23H2,2-10H3,(H,39,47)(H,40,50)(H,41,46)(H2,42,43,49)/t26-,27?,28-,29+,31-/m1/s1. The van der Waals surface area contributed by atoms with Crippen LogP contribution in [0.4, 0.5) is 9.59 Å². The predicted molar refractivity (Wildman–Crippen MR) is 196 cm³/mol. The Morgan fingerprint density at radius 2 is 1.61 bits per heavy atom. The molecule has 2 aliphatic rings. The number of amides is 6. The Morgan fingerprint density at radius 3 is 2.16 bits per heavy atom. The number of nitrogens with zero attached hydrogens (tertiary/aromatic N) is 1. The van der Waals surface area contributed by atoms with Gasteiger partial charge in [-0.15, -0.1) is 12.3 Å². The predicted octanol–water partition coefficient (Wildman–Crippen LogP) is 4.04. The molecule has 13 nitrogen and oxygen atoms in total. The van der Waals surface area contributed by atoms with Gasteiger partial charge in [-0.3, -0.25) is 19.2 Å². The molecule has 1 saturated heterocycles. The second kappa shape index (κ2) is 19.7. The number of alkyl carbamates (subject to hydrolysis) is 1. The first-order chi connectivity index (χ1) is 23.9. The highest BCUT2D eigenvalue weighted by atomic mass is 16.5. The maximum atomic E-state index is 14.8. The van der Waals surface area contributed by atoms with Crippen LogP contribution in [0.15, 0.2) is 0 Å². The SMILES string of the molecule is C#CCCC(NC(=O)[C@@H]1[C@@H](C(C)C)CCN1C(=O)[C@@H](NC(=O)N[C@H](COC(=O)NC(C)C)C(C)(C)C)C1(C)CCCCC1)C(=O)C(=O)NCCC. The van der Waals surface area contributed by atoms with E-state index in [9.17, 15) is 28.8 Å². The lowest BCUT2D eigenvalue weighted by Crippen LogP contribution is -2.63. The quantitative estimate of drug-likeness (QED) is 0.118. The summed E-state index contributed by atoms with van der Waals surface area (Å²) in [4.78, 5) is 82.2. The molecule has 2 fully saturated rings. The van der Waals surface area contributed by atoms with Crippen LogP contribution in [0.25, 0.3) is 0 Å². The second-order valence-corrected chi connectivity index (χ2v) is 16.2. The van der Waals surface area contributed by atoms with Crippen molar-refractivity contribution in [1.82, 2.24) is 31.5 Å². The first-order valence-electron chi connectivity index (χ1n) is 18.7. The average Bonchev–Trinajstić information content (AvgIpc) is 3.51. The number of rotatable bonds is 16. The zero-order chi connectivity index (χ0) is 38.5. The van der Waals surface area contributed by atoms with Gasteiger partial charge < -0.3 is 36.2 Å². The lowest BCUT2D eigenvalue weighted by Gasteiger charge is -2.43. The maximum absolute atomic E-state index is 14.8. The molecule has 1 aliphatic heterocycles. The van der Waals surface area contributed by atoms with Crippen LogP contribution in [-0.2, 0) is 23.9 Å². The van der Waals surface area contributed by atoms with E-state index in [1.807, 2.05) is 62.3 Å². The fourth-order valence-corrected chi connectivity index (χ4v) is 6.96. The number of Topliss-reactive ketones (excluding diaryl/α,β-unsaturated/α-hetero) is 1. The highest BCUT2D eigenvalue weighted by Gasteiger charge is 2.50. The van der Waals surface area contributed by atoms with Crippen molar-refractivity contribution in [1.29, 1.82) is 0 Å². The topological polar surface area (TPSA) is 175 Å². The second-order valence-electron chi connectivity index (χ2n) is 16.2. The Balaban J connectivity index is 2.41. The van der Waals surface area contributed by atoms with Crippen molar-refractivity contribution < 1.29 is 33.5 Å². The summed E-state index contributed by atoms with van der Waals surface area (Å²) in [5, 5.41) is 14.0. The summed E-state index contributed by atoms with van der Waals surface area (Å²) in [5.74, 6) is -0.202. The van der Waals surface area contributed by atoms with Crippen molar-refractivity contribution in [3.8, 4) is 12.3 Å². The van der Waals surface area contributed by atoms with E-state index in [0.717, 1.165) is 19.3 Å². The highest BCUT2D eigenvalue weighted by Crippen LogP contribution is 2.41. The highest BCUT2D eigenvalue weighted by molar-refractivity contribution is 6.38. The first kappa shape index (κ1) is 43.3. The van der Waals surface area contributed by atoms with E-state index in [-0.39, 0.29) is 43.2 Å². The lowest BCUT2D eigenvalue weighted by molar-refractivity contribution is -0.145. The van der Waals surface area contributed by atoms with Gasteiger partial charge in [0.1, 0.15) is 18.7 Å². The summed E-state index contributed by atoms with van der Waals surface area (Å²) < 4.78 is 5.42. The molecule has 2 rings (SSSR count). The largest absolute Gasteiger partial charge is 0.447 e. The fraction of sp³-hybridized carbons (Fsp3) is 0.789. The molecule has 1 unspecified atom stereocenters. The van der Waals surface area contributed by atoms with Crippen LogP contribution in [0.3, 0.4) is 0 Å². The van der Waals surface area contributed by atoms with Gasteiger partial charge in [-0.25, -0.2) is 9.59 Å². The molecule has 288 valence electrons. The molecular weight excluding hydrogens is 652 g/mol. The molecule has 51 heavy (non-hydrogen) atoms. The summed E-state index contributed by atoms with van der Waals surface area (Å²) in [6.45, 7) is 17.8. The van der Waals surface area contributed by atoms with Crippen LogP contribution in [0.2, 0.25) is 0 Å². The van der Waals surface area contributed by atoms with Crippen molar-refractivity contribution in [3.05, 3.63) is 0 Å². The molecule has 0 spiro atoms. The molecule has 0 aromatic rings. The molecule has 6 amide bonds. The molecule has 5 N–H and O–H groups in total. The summed E-state index contributed by atoms with van der Waals surface area (Å²) in [6.07, 6.45) is 10.5. The Morgan fingerprint density at radius 1 is 0.961 bits per heavy atom. The van der Waals surface area contributed by atoms with Gasteiger partial charge in [0, 0.05) is 25.6 Å². The Kier molecular flexibility index (Phi) is 16.7. The van der Waals surface area contributed by atoms with Gasteiger partial charge in [0.15, 0.2) is 0 Å². The zero-order valence-electron chi connectivity index (χ0n) is 32.4. The number of ether oxygens (including phenoxy) is 1. The molecule has 1 heterocycles. The Labute approximate surface area is 305 Å². The molecule has 1 saturated carbocycles. The molecule has 0 aromatic carbocycles. The fourth-order valence-electron chi connectivity index (χ4n) is 6.96. The minimum atomic E-state index is -1.15. The van der Waals surface area contributed by atoms with Crippen LogP contribution in [0.1, 0.15) is 120 Å². The zero-order valence-corrected chi connectivity index (χ0v) is 32.4. The number of urea groups is 1. The number of terminal acetylenes is 1. The van der Waals surface area contributed by atoms with Crippen molar-refractivity contribution in [2.45, 2.75) is 150 Å². The normalized spacial score (nSPS) is 20.4. The van der Waals surface area contributed by atoms with Crippen molar-refractivity contribution in [2.24, 2.45) is 22.7 Å². The third-order valence-electron chi connectivity index (χ3n) is 10.2. The van der Waals surface area contributed by atoms with Crippen LogP contribution >= 0.6 is 0 Å². The minimum Gasteiger partial charge on any atom is -0.447 e. The van der Waals surface area contributed by atoms with E-state index < -0.39 is 64.7 Å². The van der Waals surface area contributed by atoms with E-state index in [0.29, 0.717) is 38.8 Å². The van der Waals surface area contributed by atoms with Gasteiger partial charge in [0.05, 0.1) is 12.1 Å². The molecular formula is C38H64N6O7. The molecule has 5 atom stereocenters. The molecule has 0 bridgehead atoms. The number of carbonyl (C=O) groups is 6. The summed E-state index contributed by atoms with van der Waals surface area (Å²) in [7, 11) is 0. The van der Waals surface area contributed by atoms with Gasteiger partial charge >= 0.3 is 12.1 Å². The Hall–Kier alpha value is -3.82. The van der Waals surface area contributed by atoms with Gasteiger partial charge in [0.25, 0.3) is 5.91 Å². The van der Waals surface area contributed by atoms with E-state index in [2.05, 4.69) is 32.5 Å².